The van der Waals surface area contributed by atoms with Gasteiger partial charge in [-0.1, -0.05) is 25.4 Å². The molecule has 1 aromatic carbocycles. The third kappa shape index (κ3) is 2.90. The van der Waals surface area contributed by atoms with Crippen molar-refractivity contribution in [1.82, 2.24) is 9.97 Å². The van der Waals surface area contributed by atoms with Crippen molar-refractivity contribution in [2.45, 2.75) is 33.3 Å². The molecule has 0 bridgehead atoms. The molecule has 4 nitrogen and oxygen atoms in total. The molecule has 3 rings (SSSR count). The average Bonchev–Trinajstić information content (AvgIpc) is 3.02. The van der Waals surface area contributed by atoms with Gasteiger partial charge in [0.05, 0.1) is 5.02 Å². The van der Waals surface area contributed by atoms with Gasteiger partial charge in [-0.2, -0.15) is 0 Å². The van der Waals surface area contributed by atoms with Crippen LogP contribution in [0.15, 0.2) is 28.9 Å². The molecule has 21 heavy (non-hydrogen) atoms. The minimum atomic E-state index is 0.334. The maximum atomic E-state index is 6.28. The zero-order valence-electron chi connectivity index (χ0n) is 12.2. The summed E-state index contributed by atoms with van der Waals surface area (Å²) in [6, 6.07) is 5.97. The SMILES string of the molecule is Cc1nc(COc2cc3[nH]c(C(C)C)cc3cc2Cl)co1. The number of hydrogen-bond acceptors (Lipinski definition) is 3. The lowest BCUT2D eigenvalue weighted by Gasteiger charge is -2.06. The van der Waals surface area contributed by atoms with Crippen molar-refractivity contribution in [3.8, 4) is 5.75 Å². The molecule has 0 fully saturated rings. The van der Waals surface area contributed by atoms with E-state index in [-0.39, 0.29) is 0 Å². The summed E-state index contributed by atoms with van der Waals surface area (Å²) in [4.78, 5) is 7.59. The number of aromatic nitrogens is 2. The smallest absolute Gasteiger partial charge is 0.191 e. The van der Waals surface area contributed by atoms with Crippen LogP contribution in [0.3, 0.4) is 0 Å². The number of aryl methyl sites for hydroxylation is 1. The number of H-pyrrole nitrogens is 1. The summed E-state index contributed by atoms with van der Waals surface area (Å²) in [5.74, 6) is 1.71. The quantitative estimate of drug-likeness (QED) is 0.751. The summed E-state index contributed by atoms with van der Waals surface area (Å²) in [6.07, 6.45) is 1.59. The van der Waals surface area contributed by atoms with E-state index in [1.807, 2.05) is 12.1 Å². The van der Waals surface area contributed by atoms with Crippen molar-refractivity contribution in [2.75, 3.05) is 0 Å². The summed E-state index contributed by atoms with van der Waals surface area (Å²) in [7, 11) is 0. The van der Waals surface area contributed by atoms with Crippen LogP contribution >= 0.6 is 11.6 Å². The first-order valence-corrected chi connectivity index (χ1v) is 7.26. The van der Waals surface area contributed by atoms with Crippen LogP contribution in [0.1, 0.15) is 37.0 Å². The maximum Gasteiger partial charge on any atom is 0.191 e. The first-order valence-electron chi connectivity index (χ1n) is 6.89. The first kappa shape index (κ1) is 14.0. The molecule has 0 radical (unpaired) electrons. The van der Waals surface area contributed by atoms with Gasteiger partial charge < -0.3 is 14.1 Å². The molecule has 110 valence electrons. The number of ether oxygens (including phenoxy) is 1. The predicted molar refractivity (Wildman–Crippen MR) is 83.0 cm³/mol. The third-order valence-electron chi connectivity index (χ3n) is 3.36. The molecule has 0 aliphatic heterocycles. The van der Waals surface area contributed by atoms with E-state index in [1.165, 1.54) is 5.69 Å². The van der Waals surface area contributed by atoms with Crippen molar-refractivity contribution in [3.05, 3.63) is 46.8 Å². The van der Waals surface area contributed by atoms with Gasteiger partial charge in [0.1, 0.15) is 24.3 Å². The van der Waals surface area contributed by atoms with E-state index in [1.54, 1.807) is 13.2 Å². The number of rotatable bonds is 4. The second-order valence-electron chi connectivity index (χ2n) is 5.40. The van der Waals surface area contributed by atoms with Crippen molar-refractivity contribution in [1.29, 1.82) is 0 Å². The van der Waals surface area contributed by atoms with Gasteiger partial charge in [-0.25, -0.2) is 4.98 Å². The molecule has 1 N–H and O–H groups in total. The summed E-state index contributed by atoms with van der Waals surface area (Å²) >= 11 is 6.28. The lowest BCUT2D eigenvalue weighted by Crippen LogP contribution is -1.96. The Morgan fingerprint density at radius 1 is 1.33 bits per heavy atom. The Kier molecular flexibility index (Phi) is 3.64. The summed E-state index contributed by atoms with van der Waals surface area (Å²) in [5, 5.41) is 1.69. The highest BCUT2D eigenvalue weighted by Gasteiger charge is 2.10. The van der Waals surface area contributed by atoms with Crippen molar-refractivity contribution >= 4 is 22.5 Å². The lowest BCUT2D eigenvalue weighted by atomic mass is 10.1. The number of nitrogens with zero attached hydrogens (tertiary/aromatic N) is 1. The second kappa shape index (κ2) is 5.45. The predicted octanol–water partition coefficient (Wildman–Crippen LogP) is 4.82. The second-order valence-corrected chi connectivity index (χ2v) is 5.80. The van der Waals surface area contributed by atoms with Crippen LogP contribution in [0, 0.1) is 6.92 Å². The van der Waals surface area contributed by atoms with Crippen LogP contribution in [0.5, 0.6) is 5.75 Å². The van der Waals surface area contributed by atoms with E-state index >= 15 is 0 Å². The van der Waals surface area contributed by atoms with Gasteiger partial charge in [-0.05, 0) is 18.1 Å². The first-order chi connectivity index (χ1) is 10.0. The number of oxazole rings is 1. The highest BCUT2D eigenvalue weighted by molar-refractivity contribution is 6.32. The van der Waals surface area contributed by atoms with Gasteiger partial charge in [-0.3, -0.25) is 0 Å². The van der Waals surface area contributed by atoms with Gasteiger partial charge in [0.15, 0.2) is 5.89 Å². The standard InChI is InChI=1S/C16H17ClN2O2/c1-9(2)14-5-11-4-13(17)16(6-15(11)19-14)21-8-12-7-20-10(3)18-12/h4-7,9,19H,8H2,1-3H3. The van der Waals surface area contributed by atoms with Gasteiger partial charge in [-0.15, -0.1) is 0 Å². The Hall–Kier alpha value is -1.94. The third-order valence-corrected chi connectivity index (χ3v) is 3.65. The molecule has 2 aromatic heterocycles. The number of hydrogen-bond donors (Lipinski definition) is 1. The van der Waals surface area contributed by atoms with Gasteiger partial charge >= 0.3 is 0 Å². The van der Waals surface area contributed by atoms with Gasteiger partial charge in [0.25, 0.3) is 0 Å². The number of nitrogens with one attached hydrogen (secondary N) is 1. The Morgan fingerprint density at radius 3 is 2.81 bits per heavy atom. The molecule has 0 saturated carbocycles. The van der Waals surface area contributed by atoms with Crippen LogP contribution in [0.2, 0.25) is 5.02 Å². The van der Waals surface area contributed by atoms with Crippen molar-refractivity contribution < 1.29 is 9.15 Å². The normalized spacial score (nSPS) is 11.5. The fourth-order valence-electron chi connectivity index (χ4n) is 2.20. The minimum Gasteiger partial charge on any atom is -0.486 e. The molecule has 0 amide bonds. The van der Waals surface area contributed by atoms with Crippen LogP contribution in [0.25, 0.3) is 10.9 Å². The molecule has 0 aliphatic carbocycles. The fourth-order valence-corrected chi connectivity index (χ4v) is 2.43. The summed E-state index contributed by atoms with van der Waals surface area (Å²) in [6.45, 7) is 6.43. The molecule has 0 aliphatic rings. The Morgan fingerprint density at radius 2 is 2.14 bits per heavy atom. The van der Waals surface area contributed by atoms with Crippen molar-refractivity contribution in [3.63, 3.8) is 0 Å². The van der Waals surface area contributed by atoms with Gasteiger partial charge in [0.2, 0.25) is 0 Å². The average molecular weight is 305 g/mol. The van der Waals surface area contributed by atoms with Crippen molar-refractivity contribution in [2.24, 2.45) is 0 Å². The van der Waals surface area contributed by atoms with Crippen LogP contribution < -0.4 is 4.74 Å². The topological polar surface area (TPSA) is 51.0 Å². The summed E-state index contributed by atoms with van der Waals surface area (Å²) in [5.41, 5.74) is 2.96. The Bertz CT molecular complexity index is 774. The summed E-state index contributed by atoms with van der Waals surface area (Å²) < 4.78 is 10.9. The highest BCUT2D eigenvalue weighted by Crippen LogP contribution is 2.32. The van der Waals surface area contributed by atoms with Crippen LogP contribution in [-0.4, -0.2) is 9.97 Å². The molecule has 0 spiro atoms. The minimum absolute atomic E-state index is 0.334. The molecule has 5 heteroatoms. The zero-order valence-corrected chi connectivity index (χ0v) is 13.0. The highest BCUT2D eigenvalue weighted by atomic mass is 35.5. The molecular weight excluding hydrogens is 288 g/mol. The van der Waals surface area contributed by atoms with E-state index in [2.05, 4.69) is 29.9 Å². The van der Waals surface area contributed by atoms with E-state index in [0.717, 1.165) is 16.6 Å². The maximum absolute atomic E-state index is 6.28. The van der Waals surface area contributed by atoms with Gasteiger partial charge in [0, 0.05) is 29.6 Å². The molecule has 3 aromatic rings. The van der Waals surface area contributed by atoms with Crippen LogP contribution in [-0.2, 0) is 6.61 Å². The Labute approximate surface area is 128 Å². The molecular formula is C16H17ClN2O2. The molecule has 0 atom stereocenters. The van der Waals surface area contributed by atoms with E-state index in [9.17, 15) is 0 Å². The molecule has 0 unspecified atom stereocenters. The van der Waals surface area contributed by atoms with E-state index in [0.29, 0.717) is 29.2 Å². The fraction of sp³-hybridized carbons (Fsp3) is 0.312. The molecule has 2 heterocycles. The number of fused-ring (bicyclic) bond motifs is 1. The number of aromatic amines is 1. The zero-order chi connectivity index (χ0) is 15.0. The number of benzene rings is 1. The monoisotopic (exact) mass is 304 g/mol. The largest absolute Gasteiger partial charge is 0.486 e. The molecule has 0 saturated heterocycles. The van der Waals surface area contributed by atoms with Crippen LogP contribution in [0.4, 0.5) is 0 Å². The van der Waals surface area contributed by atoms with E-state index in [4.69, 9.17) is 20.8 Å². The van der Waals surface area contributed by atoms with E-state index < -0.39 is 0 Å². The Balaban J connectivity index is 1.86. The lowest BCUT2D eigenvalue weighted by molar-refractivity contribution is 0.301. The number of halogens is 1.